The van der Waals surface area contributed by atoms with Crippen molar-refractivity contribution in [3.63, 3.8) is 0 Å². The number of benzene rings is 1. The maximum atomic E-state index is 11.9. The van der Waals surface area contributed by atoms with Crippen molar-refractivity contribution >= 4 is 23.1 Å². The van der Waals surface area contributed by atoms with Crippen LogP contribution in [0.3, 0.4) is 0 Å². The van der Waals surface area contributed by atoms with Crippen LogP contribution in [0, 0.1) is 0 Å². The molecule has 2 heterocycles. The van der Waals surface area contributed by atoms with Gasteiger partial charge in [0.2, 0.25) is 6.79 Å². The first-order chi connectivity index (χ1) is 9.56. The number of hydrogen-bond donors (Lipinski definition) is 2. The van der Waals surface area contributed by atoms with E-state index >= 15 is 0 Å². The van der Waals surface area contributed by atoms with E-state index in [9.17, 15) is 4.79 Å². The van der Waals surface area contributed by atoms with Gasteiger partial charge in [-0.25, -0.2) is 0 Å². The van der Waals surface area contributed by atoms with Crippen LogP contribution in [0.4, 0.5) is 0 Å². The molecule has 104 valence electrons. The Labute approximate surface area is 121 Å². The van der Waals surface area contributed by atoms with Crippen LogP contribution >= 0.6 is 12.2 Å². The van der Waals surface area contributed by atoms with Gasteiger partial charge in [-0.1, -0.05) is 6.07 Å². The van der Waals surface area contributed by atoms with Crippen molar-refractivity contribution in [3.8, 4) is 11.5 Å². The molecule has 0 fully saturated rings. The van der Waals surface area contributed by atoms with Gasteiger partial charge in [0.25, 0.3) is 0 Å². The summed E-state index contributed by atoms with van der Waals surface area (Å²) in [6.45, 7) is 3.63. The number of ketones is 1. The lowest BCUT2D eigenvalue weighted by Gasteiger charge is -2.29. The zero-order valence-corrected chi connectivity index (χ0v) is 12.0. The molecule has 1 aromatic carbocycles. The van der Waals surface area contributed by atoms with E-state index in [2.05, 4.69) is 10.6 Å². The molecule has 0 amide bonds. The first-order valence-corrected chi connectivity index (χ1v) is 6.66. The number of ether oxygens (including phenoxy) is 2. The third kappa shape index (κ3) is 2.12. The largest absolute Gasteiger partial charge is 0.454 e. The summed E-state index contributed by atoms with van der Waals surface area (Å²) >= 11 is 5.18. The fraction of sp³-hybridized carbons (Fsp3) is 0.286. The maximum Gasteiger partial charge on any atom is 0.231 e. The number of carbonyl (C=O) groups excluding carboxylic acids is 1. The molecule has 0 saturated heterocycles. The normalized spacial score (nSPS) is 20.5. The Morgan fingerprint density at radius 2 is 2.10 bits per heavy atom. The molecule has 0 spiro atoms. The Kier molecular flexibility index (Phi) is 3.10. The Bertz CT molecular complexity index is 639. The first-order valence-electron chi connectivity index (χ1n) is 6.25. The molecule has 2 N–H and O–H groups in total. The number of allylic oxidation sites excluding steroid dienone is 1. The number of rotatable bonds is 2. The molecule has 0 radical (unpaired) electrons. The summed E-state index contributed by atoms with van der Waals surface area (Å²) in [4.78, 5) is 11.9. The van der Waals surface area contributed by atoms with Crippen LogP contribution in [0.15, 0.2) is 29.5 Å². The molecule has 2 aliphatic heterocycles. The molecule has 1 atom stereocenters. The fourth-order valence-electron chi connectivity index (χ4n) is 2.50. The van der Waals surface area contributed by atoms with Crippen LogP contribution in [-0.4, -0.2) is 17.7 Å². The molecule has 0 aliphatic carbocycles. The van der Waals surface area contributed by atoms with Crippen molar-refractivity contribution in [3.05, 3.63) is 35.0 Å². The van der Waals surface area contributed by atoms with Crippen LogP contribution < -0.4 is 20.1 Å². The van der Waals surface area contributed by atoms with Crippen LogP contribution in [-0.2, 0) is 4.79 Å². The third-order valence-corrected chi connectivity index (χ3v) is 3.60. The van der Waals surface area contributed by atoms with E-state index in [0.29, 0.717) is 16.4 Å². The molecule has 0 saturated carbocycles. The van der Waals surface area contributed by atoms with Gasteiger partial charge < -0.3 is 20.1 Å². The molecular weight excluding hydrogens is 276 g/mol. The van der Waals surface area contributed by atoms with E-state index in [1.54, 1.807) is 6.92 Å². The van der Waals surface area contributed by atoms with Gasteiger partial charge in [0, 0.05) is 11.3 Å². The van der Waals surface area contributed by atoms with Crippen molar-refractivity contribution in [2.45, 2.75) is 19.9 Å². The van der Waals surface area contributed by atoms with E-state index in [4.69, 9.17) is 21.7 Å². The Balaban J connectivity index is 2.05. The Morgan fingerprint density at radius 3 is 2.85 bits per heavy atom. The van der Waals surface area contributed by atoms with Gasteiger partial charge in [-0.2, -0.15) is 0 Å². The SMILES string of the molecule is CC(=O)C1=C(C)NC(=S)N[C@@H]1c1ccc2c(c1)OCO2. The van der Waals surface area contributed by atoms with Gasteiger partial charge in [0.1, 0.15) is 0 Å². The lowest BCUT2D eigenvalue weighted by atomic mass is 9.93. The molecular formula is C14H14N2O3S. The van der Waals surface area contributed by atoms with Gasteiger partial charge in [-0.3, -0.25) is 4.79 Å². The van der Waals surface area contributed by atoms with Gasteiger partial charge in [0.15, 0.2) is 22.4 Å². The molecule has 0 unspecified atom stereocenters. The van der Waals surface area contributed by atoms with Gasteiger partial charge >= 0.3 is 0 Å². The number of fused-ring (bicyclic) bond motifs is 1. The number of Topliss-reactive ketones (excluding diaryl/α,β-unsaturated/α-hetero) is 1. The predicted octanol–water partition coefficient (Wildman–Crippen LogP) is 1.80. The standard InChI is InChI=1S/C14H14N2O3S/c1-7-12(8(2)17)13(16-14(20)15-7)9-3-4-10-11(5-9)19-6-18-10/h3-5,13H,6H2,1-2H3,(H2,15,16,20)/t13-/m1/s1. The highest BCUT2D eigenvalue weighted by Crippen LogP contribution is 2.36. The average molecular weight is 290 g/mol. The van der Waals surface area contributed by atoms with Crippen LogP contribution in [0.5, 0.6) is 11.5 Å². The summed E-state index contributed by atoms with van der Waals surface area (Å²) in [5.41, 5.74) is 2.38. The quantitative estimate of drug-likeness (QED) is 0.810. The number of thiocarbonyl (C=S) groups is 1. The fourth-order valence-corrected chi connectivity index (χ4v) is 2.77. The Hall–Kier alpha value is -2.08. The van der Waals surface area contributed by atoms with Crippen molar-refractivity contribution in [1.29, 1.82) is 0 Å². The highest BCUT2D eigenvalue weighted by Gasteiger charge is 2.28. The summed E-state index contributed by atoms with van der Waals surface area (Å²) in [7, 11) is 0. The smallest absolute Gasteiger partial charge is 0.231 e. The van der Waals surface area contributed by atoms with Crippen LogP contribution in [0.1, 0.15) is 25.5 Å². The topological polar surface area (TPSA) is 59.6 Å². The second-order valence-corrected chi connectivity index (χ2v) is 5.15. The number of hydrogen-bond acceptors (Lipinski definition) is 4. The van der Waals surface area contributed by atoms with Gasteiger partial charge in [-0.05, 0) is 43.8 Å². The van der Waals surface area contributed by atoms with E-state index in [1.165, 1.54) is 0 Å². The van der Waals surface area contributed by atoms with Crippen molar-refractivity contribution in [2.24, 2.45) is 0 Å². The summed E-state index contributed by atoms with van der Waals surface area (Å²) in [5, 5.41) is 6.63. The van der Waals surface area contributed by atoms with Crippen LogP contribution in [0.25, 0.3) is 0 Å². The maximum absolute atomic E-state index is 11.9. The summed E-state index contributed by atoms with van der Waals surface area (Å²) in [5.74, 6) is 1.41. The van der Waals surface area contributed by atoms with E-state index in [-0.39, 0.29) is 18.6 Å². The third-order valence-electron chi connectivity index (χ3n) is 3.38. The number of nitrogens with one attached hydrogen (secondary N) is 2. The molecule has 5 nitrogen and oxygen atoms in total. The highest BCUT2D eigenvalue weighted by molar-refractivity contribution is 7.80. The van der Waals surface area contributed by atoms with Crippen molar-refractivity contribution < 1.29 is 14.3 Å². The molecule has 20 heavy (non-hydrogen) atoms. The summed E-state index contributed by atoms with van der Waals surface area (Å²) in [6.07, 6.45) is 0. The zero-order chi connectivity index (χ0) is 14.3. The molecule has 0 aromatic heterocycles. The summed E-state index contributed by atoms with van der Waals surface area (Å²) in [6, 6.07) is 5.37. The molecule has 0 bridgehead atoms. The lowest BCUT2D eigenvalue weighted by Crippen LogP contribution is -2.44. The second-order valence-electron chi connectivity index (χ2n) is 4.74. The van der Waals surface area contributed by atoms with E-state index in [0.717, 1.165) is 17.0 Å². The second kappa shape index (κ2) is 4.79. The molecule has 2 aliphatic rings. The van der Waals surface area contributed by atoms with Crippen molar-refractivity contribution in [2.75, 3.05) is 6.79 Å². The van der Waals surface area contributed by atoms with E-state index < -0.39 is 0 Å². The lowest BCUT2D eigenvalue weighted by molar-refractivity contribution is -0.114. The number of carbonyl (C=O) groups is 1. The minimum Gasteiger partial charge on any atom is -0.454 e. The molecule has 3 rings (SSSR count). The zero-order valence-electron chi connectivity index (χ0n) is 11.1. The van der Waals surface area contributed by atoms with Gasteiger partial charge in [0.05, 0.1) is 6.04 Å². The minimum absolute atomic E-state index is 0.00710. The molecule has 6 heteroatoms. The first kappa shape index (κ1) is 12.9. The van der Waals surface area contributed by atoms with Gasteiger partial charge in [-0.15, -0.1) is 0 Å². The average Bonchev–Trinajstić information content (AvgIpc) is 2.84. The monoisotopic (exact) mass is 290 g/mol. The predicted molar refractivity (Wildman–Crippen MR) is 77.6 cm³/mol. The van der Waals surface area contributed by atoms with Crippen molar-refractivity contribution in [1.82, 2.24) is 10.6 Å². The minimum atomic E-state index is -0.268. The summed E-state index contributed by atoms with van der Waals surface area (Å²) < 4.78 is 10.7. The highest BCUT2D eigenvalue weighted by atomic mass is 32.1. The molecule has 1 aromatic rings. The van der Waals surface area contributed by atoms with Crippen LogP contribution in [0.2, 0.25) is 0 Å². The van der Waals surface area contributed by atoms with E-state index in [1.807, 2.05) is 25.1 Å². The Morgan fingerprint density at radius 1 is 1.35 bits per heavy atom.